The average Bonchev–Trinajstić information content (AvgIpc) is 2.67. The highest BCUT2D eigenvalue weighted by atomic mass is 35.5. The van der Waals surface area contributed by atoms with Crippen LogP contribution in [0.5, 0.6) is 0 Å². The number of piperidine rings is 1. The minimum absolute atomic E-state index is 0.684. The lowest BCUT2D eigenvalue weighted by atomic mass is 9.84. The Kier molecular flexibility index (Phi) is 7.13. The van der Waals surface area contributed by atoms with E-state index in [9.17, 15) is 5.11 Å². The first kappa shape index (κ1) is 19.4. The first-order valence-corrected chi connectivity index (χ1v) is 10.3. The Hall–Kier alpha value is -1.35. The van der Waals surface area contributed by atoms with Crippen LogP contribution in [0.4, 0.5) is 0 Å². The van der Waals surface area contributed by atoms with E-state index in [1.54, 1.807) is 0 Å². The lowest BCUT2D eigenvalue weighted by Gasteiger charge is -2.38. The molecular formula is C23H30ClNO. The molecule has 0 bridgehead atoms. The SMILES string of the molecule is OC1(c2ccc(Cl)cc2)CCN(CCCCCCc2ccccc2)CC1. The summed E-state index contributed by atoms with van der Waals surface area (Å²) in [5.74, 6) is 0. The van der Waals surface area contributed by atoms with E-state index < -0.39 is 5.60 Å². The normalized spacial score (nSPS) is 17.3. The van der Waals surface area contributed by atoms with E-state index in [1.807, 2.05) is 24.3 Å². The van der Waals surface area contributed by atoms with E-state index in [4.69, 9.17) is 11.6 Å². The summed E-state index contributed by atoms with van der Waals surface area (Å²) in [7, 11) is 0. The summed E-state index contributed by atoms with van der Waals surface area (Å²) in [6, 6.07) is 18.4. The molecule has 0 saturated carbocycles. The molecule has 1 saturated heterocycles. The van der Waals surface area contributed by atoms with Crippen molar-refractivity contribution in [1.82, 2.24) is 4.90 Å². The molecule has 0 atom stereocenters. The number of rotatable bonds is 8. The van der Waals surface area contributed by atoms with Gasteiger partial charge in [-0.2, -0.15) is 0 Å². The number of halogens is 1. The largest absolute Gasteiger partial charge is 0.385 e. The van der Waals surface area contributed by atoms with Gasteiger partial charge in [0.15, 0.2) is 0 Å². The van der Waals surface area contributed by atoms with Gasteiger partial charge in [-0.3, -0.25) is 0 Å². The Morgan fingerprint density at radius 3 is 2.19 bits per heavy atom. The van der Waals surface area contributed by atoms with Crippen LogP contribution in [0.25, 0.3) is 0 Å². The summed E-state index contributed by atoms with van der Waals surface area (Å²) in [6.45, 7) is 3.11. The van der Waals surface area contributed by atoms with Crippen molar-refractivity contribution in [3.63, 3.8) is 0 Å². The molecule has 2 aromatic rings. The summed E-state index contributed by atoms with van der Waals surface area (Å²) in [5, 5.41) is 11.7. The maximum atomic E-state index is 10.9. The summed E-state index contributed by atoms with van der Waals surface area (Å²) in [6.07, 6.45) is 7.95. The van der Waals surface area contributed by atoms with Gasteiger partial charge in [-0.05, 0) is 61.9 Å². The summed E-state index contributed by atoms with van der Waals surface area (Å²) in [5.41, 5.74) is 1.77. The Morgan fingerprint density at radius 1 is 0.846 bits per heavy atom. The van der Waals surface area contributed by atoms with Gasteiger partial charge in [-0.25, -0.2) is 0 Å². The maximum Gasteiger partial charge on any atom is 0.0920 e. The smallest absolute Gasteiger partial charge is 0.0920 e. The van der Waals surface area contributed by atoms with Crippen molar-refractivity contribution in [3.05, 3.63) is 70.7 Å². The molecule has 0 spiro atoms. The minimum atomic E-state index is -0.684. The molecule has 0 aromatic heterocycles. The van der Waals surface area contributed by atoms with Gasteiger partial charge in [0.2, 0.25) is 0 Å². The molecule has 1 N–H and O–H groups in total. The molecule has 0 unspecified atom stereocenters. The molecule has 0 amide bonds. The van der Waals surface area contributed by atoms with Crippen molar-refractivity contribution in [2.75, 3.05) is 19.6 Å². The summed E-state index contributed by atoms with van der Waals surface area (Å²) >= 11 is 5.96. The third kappa shape index (κ3) is 5.57. The molecule has 1 fully saturated rings. The maximum absolute atomic E-state index is 10.9. The van der Waals surface area contributed by atoms with Gasteiger partial charge in [0.1, 0.15) is 0 Å². The fourth-order valence-corrected chi connectivity index (χ4v) is 3.98. The van der Waals surface area contributed by atoms with E-state index in [0.717, 1.165) is 43.1 Å². The number of benzene rings is 2. The predicted octanol–water partition coefficient (Wildman–Crippen LogP) is 5.43. The van der Waals surface area contributed by atoms with Gasteiger partial charge in [0.05, 0.1) is 5.60 Å². The van der Waals surface area contributed by atoms with Crippen LogP contribution in [-0.2, 0) is 12.0 Å². The number of aryl methyl sites for hydroxylation is 1. The number of unbranched alkanes of at least 4 members (excludes halogenated alkanes) is 3. The van der Waals surface area contributed by atoms with E-state index in [-0.39, 0.29) is 0 Å². The molecule has 2 aromatic carbocycles. The van der Waals surface area contributed by atoms with Crippen LogP contribution in [0.1, 0.15) is 49.7 Å². The molecule has 0 aliphatic carbocycles. The average molecular weight is 372 g/mol. The van der Waals surface area contributed by atoms with Crippen molar-refractivity contribution >= 4 is 11.6 Å². The number of hydrogen-bond donors (Lipinski definition) is 1. The first-order valence-electron chi connectivity index (χ1n) is 9.90. The fraction of sp³-hybridized carbons (Fsp3) is 0.478. The van der Waals surface area contributed by atoms with E-state index in [0.29, 0.717) is 0 Å². The molecule has 3 heteroatoms. The molecule has 140 valence electrons. The van der Waals surface area contributed by atoms with Gasteiger partial charge in [-0.1, -0.05) is 66.9 Å². The quantitative estimate of drug-likeness (QED) is 0.625. The van der Waals surface area contributed by atoms with Crippen molar-refractivity contribution < 1.29 is 5.11 Å². The van der Waals surface area contributed by atoms with Crippen molar-refractivity contribution in [2.45, 2.75) is 50.5 Å². The van der Waals surface area contributed by atoms with Crippen LogP contribution in [0.3, 0.4) is 0 Å². The fourth-order valence-electron chi connectivity index (χ4n) is 3.86. The van der Waals surface area contributed by atoms with Crippen LogP contribution in [0.15, 0.2) is 54.6 Å². The first-order chi connectivity index (χ1) is 12.7. The molecule has 1 aliphatic heterocycles. The Bertz CT molecular complexity index is 648. The van der Waals surface area contributed by atoms with Crippen LogP contribution < -0.4 is 0 Å². The third-order valence-electron chi connectivity index (χ3n) is 5.60. The number of nitrogens with zero attached hydrogens (tertiary/aromatic N) is 1. The lowest BCUT2D eigenvalue weighted by Crippen LogP contribution is -2.42. The second-order valence-electron chi connectivity index (χ2n) is 7.53. The highest BCUT2D eigenvalue weighted by Gasteiger charge is 2.33. The van der Waals surface area contributed by atoms with Gasteiger partial charge in [0, 0.05) is 18.1 Å². The zero-order chi connectivity index (χ0) is 18.2. The third-order valence-corrected chi connectivity index (χ3v) is 5.85. The van der Waals surface area contributed by atoms with Crippen LogP contribution in [0, 0.1) is 0 Å². The Labute approximate surface area is 162 Å². The second-order valence-corrected chi connectivity index (χ2v) is 7.97. The van der Waals surface area contributed by atoms with Crippen molar-refractivity contribution in [3.8, 4) is 0 Å². The lowest BCUT2D eigenvalue weighted by molar-refractivity contribution is -0.0261. The van der Waals surface area contributed by atoms with Crippen LogP contribution >= 0.6 is 11.6 Å². The van der Waals surface area contributed by atoms with E-state index in [2.05, 4.69) is 35.2 Å². The Balaban J connectivity index is 1.31. The minimum Gasteiger partial charge on any atom is -0.385 e. The molecule has 1 heterocycles. The molecule has 2 nitrogen and oxygen atoms in total. The van der Waals surface area contributed by atoms with Gasteiger partial charge in [0.25, 0.3) is 0 Å². The molecule has 1 aliphatic rings. The highest BCUT2D eigenvalue weighted by Crippen LogP contribution is 2.33. The number of likely N-dealkylation sites (tertiary alicyclic amines) is 1. The van der Waals surface area contributed by atoms with Crippen LogP contribution in [-0.4, -0.2) is 29.6 Å². The standard InChI is InChI=1S/C23H30ClNO/c24-22-13-11-21(12-14-22)23(26)15-18-25(19-16-23)17-7-2-1-4-8-20-9-5-3-6-10-20/h3,5-6,9-14,26H,1-2,4,7-8,15-19H2. The topological polar surface area (TPSA) is 23.5 Å². The molecule has 26 heavy (non-hydrogen) atoms. The second kappa shape index (κ2) is 9.55. The van der Waals surface area contributed by atoms with Crippen molar-refractivity contribution in [1.29, 1.82) is 0 Å². The van der Waals surface area contributed by atoms with Gasteiger partial charge in [-0.15, -0.1) is 0 Å². The Morgan fingerprint density at radius 2 is 1.50 bits per heavy atom. The number of aliphatic hydroxyl groups is 1. The summed E-state index contributed by atoms with van der Waals surface area (Å²) in [4.78, 5) is 2.50. The van der Waals surface area contributed by atoms with E-state index in [1.165, 1.54) is 37.7 Å². The number of hydrogen-bond acceptors (Lipinski definition) is 2. The molecule has 0 radical (unpaired) electrons. The molecule has 3 rings (SSSR count). The van der Waals surface area contributed by atoms with Gasteiger partial charge < -0.3 is 10.0 Å². The zero-order valence-corrected chi connectivity index (χ0v) is 16.3. The van der Waals surface area contributed by atoms with Gasteiger partial charge >= 0.3 is 0 Å². The molecular weight excluding hydrogens is 342 g/mol. The van der Waals surface area contributed by atoms with Crippen LogP contribution in [0.2, 0.25) is 5.02 Å². The van der Waals surface area contributed by atoms with Crippen molar-refractivity contribution in [2.24, 2.45) is 0 Å². The monoisotopic (exact) mass is 371 g/mol. The predicted molar refractivity (Wildman–Crippen MR) is 110 cm³/mol. The van der Waals surface area contributed by atoms with E-state index >= 15 is 0 Å². The highest BCUT2D eigenvalue weighted by molar-refractivity contribution is 6.30. The summed E-state index contributed by atoms with van der Waals surface area (Å²) < 4.78 is 0. The zero-order valence-electron chi connectivity index (χ0n) is 15.5.